The molecule has 2 aromatic heterocycles. The monoisotopic (exact) mass is 425 g/mol. The topological polar surface area (TPSA) is 46.8 Å². The van der Waals surface area contributed by atoms with Gasteiger partial charge in [0.15, 0.2) is 17.5 Å². The predicted octanol–water partition coefficient (Wildman–Crippen LogP) is 5.25. The maximum Gasteiger partial charge on any atom is 0.183 e. The normalized spacial score (nSPS) is 16.0. The second-order valence-electron chi connectivity index (χ2n) is 8.64. The fraction of sp³-hybridized carbons (Fsp3) is 0.458. The van der Waals surface area contributed by atoms with E-state index in [1.807, 2.05) is 24.0 Å². The van der Waals surface area contributed by atoms with Crippen molar-refractivity contribution in [2.45, 2.75) is 53.0 Å². The van der Waals surface area contributed by atoms with Crippen molar-refractivity contribution in [2.24, 2.45) is 5.41 Å². The molecule has 3 heterocycles. The Hall–Kier alpha value is -2.83. The molecule has 7 heteroatoms. The van der Waals surface area contributed by atoms with E-state index in [4.69, 9.17) is 0 Å². The Kier molecular flexibility index (Phi) is 6.03. The highest BCUT2D eigenvalue weighted by molar-refractivity contribution is 5.54. The lowest BCUT2D eigenvalue weighted by Gasteiger charge is -2.39. The van der Waals surface area contributed by atoms with Gasteiger partial charge in [-0.1, -0.05) is 45.4 Å². The molecular formula is C24H29F2N5. The Morgan fingerprint density at radius 3 is 2.48 bits per heavy atom. The summed E-state index contributed by atoms with van der Waals surface area (Å²) in [4.78, 5) is 10.8. The molecule has 1 fully saturated rings. The van der Waals surface area contributed by atoms with E-state index in [1.54, 1.807) is 16.8 Å². The van der Waals surface area contributed by atoms with Crippen LogP contribution in [0.3, 0.4) is 0 Å². The number of nitrogens with zero attached hydrogens (tertiary/aromatic N) is 5. The second-order valence-corrected chi connectivity index (χ2v) is 8.64. The molecule has 0 amide bonds. The van der Waals surface area contributed by atoms with E-state index in [0.29, 0.717) is 34.9 Å². The van der Waals surface area contributed by atoms with Gasteiger partial charge in [0, 0.05) is 24.3 Å². The number of rotatable bonds is 6. The number of aryl methyl sites for hydroxylation is 1. The van der Waals surface area contributed by atoms with E-state index in [9.17, 15) is 8.78 Å². The molecule has 0 unspecified atom stereocenters. The van der Waals surface area contributed by atoms with Crippen molar-refractivity contribution in [3.8, 4) is 11.5 Å². The third-order valence-corrected chi connectivity index (χ3v) is 6.58. The lowest BCUT2D eigenvalue weighted by Crippen LogP contribution is -2.39. The summed E-state index contributed by atoms with van der Waals surface area (Å²) in [6.07, 6.45) is 5.11. The van der Waals surface area contributed by atoms with Gasteiger partial charge in [0.2, 0.25) is 0 Å². The summed E-state index contributed by atoms with van der Waals surface area (Å²) in [5, 5.41) is 4.62. The van der Waals surface area contributed by atoms with Gasteiger partial charge in [-0.25, -0.2) is 18.7 Å². The summed E-state index contributed by atoms with van der Waals surface area (Å²) >= 11 is 0. The van der Waals surface area contributed by atoms with Gasteiger partial charge < -0.3 is 4.90 Å². The van der Waals surface area contributed by atoms with E-state index in [2.05, 4.69) is 28.9 Å². The molecule has 1 aromatic carbocycles. The van der Waals surface area contributed by atoms with E-state index < -0.39 is 5.82 Å². The first-order valence-electron chi connectivity index (χ1n) is 11.0. The maximum atomic E-state index is 14.6. The van der Waals surface area contributed by atoms with Crippen molar-refractivity contribution in [2.75, 3.05) is 18.0 Å². The standard InChI is InChI=1S/C24H29F2N5/c1-4-18-14-21(29-31(18)16-17-8-6-7-9-19(17)25)22-27-15-20(26)23(28-22)30-12-10-24(3,5-2)11-13-30/h6-9,14-15H,4-5,10-13,16H2,1-3H3. The molecule has 0 saturated carbocycles. The van der Waals surface area contributed by atoms with Crippen LogP contribution in [0, 0.1) is 17.0 Å². The number of piperidine rings is 1. The van der Waals surface area contributed by atoms with Gasteiger partial charge in [0.25, 0.3) is 0 Å². The summed E-state index contributed by atoms with van der Waals surface area (Å²) in [5.74, 6) is 0.0588. The van der Waals surface area contributed by atoms with Crippen LogP contribution >= 0.6 is 0 Å². The highest BCUT2D eigenvalue weighted by Crippen LogP contribution is 2.36. The van der Waals surface area contributed by atoms with Crippen LogP contribution in [0.25, 0.3) is 11.5 Å². The molecule has 31 heavy (non-hydrogen) atoms. The van der Waals surface area contributed by atoms with Gasteiger partial charge >= 0.3 is 0 Å². The lowest BCUT2D eigenvalue weighted by atomic mass is 9.78. The van der Waals surface area contributed by atoms with Gasteiger partial charge in [-0.15, -0.1) is 0 Å². The van der Waals surface area contributed by atoms with Crippen LogP contribution in [0.1, 0.15) is 51.3 Å². The first-order chi connectivity index (χ1) is 14.9. The Bertz CT molecular complexity index is 1050. The highest BCUT2D eigenvalue weighted by atomic mass is 19.1. The number of aromatic nitrogens is 4. The predicted molar refractivity (Wildman–Crippen MR) is 118 cm³/mol. The van der Waals surface area contributed by atoms with E-state index >= 15 is 0 Å². The molecule has 3 aromatic rings. The minimum Gasteiger partial charge on any atom is -0.354 e. The van der Waals surface area contributed by atoms with Gasteiger partial charge in [0.1, 0.15) is 11.5 Å². The number of halogens is 2. The molecule has 1 aliphatic rings. The summed E-state index contributed by atoms with van der Waals surface area (Å²) < 4.78 is 30.5. The summed E-state index contributed by atoms with van der Waals surface area (Å²) in [6.45, 7) is 8.40. The third-order valence-electron chi connectivity index (χ3n) is 6.58. The van der Waals surface area contributed by atoms with E-state index in [1.165, 1.54) is 12.3 Å². The van der Waals surface area contributed by atoms with Crippen LogP contribution < -0.4 is 4.90 Å². The van der Waals surface area contributed by atoms with E-state index in [0.717, 1.165) is 44.5 Å². The van der Waals surface area contributed by atoms with Crippen LogP contribution in [-0.2, 0) is 13.0 Å². The Labute approximate surface area is 182 Å². The highest BCUT2D eigenvalue weighted by Gasteiger charge is 2.30. The number of hydrogen-bond donors (Lipinski definition) is 0. The molecule has 5 nitrogen and oxygen atoms in total. The summed E-state index contributed by atoms with van der Waals surface area (Å²) in [7, 11) is 0. The maximum absolute atomic E-state index is 14.6. The summed E-state index contributed by atoms with van der Waals surface area (Å²) in [5.41, 5.74) is 2.40. The molecule has 0 N–H and O–H groups in total. The van der Waals surface area contributed by atoms with Crippen LogP contribution in [0.15, 0.2) is 36.5 Å². The molecule has 164 valence electrons. The third kappa shape index (κ3) is 4.45. The smallest absolute Gasteiger partial charge is 0.183 e. The van der Waals surface area contributed by atoms with Crippen molar-refractivity contribution in [1.29, 1.82) is 0 Å². The number of benzene rings is 1. The van der Waals surface area contributed by atoms with Gasteiger partial charge in [-0.2, -0.15) is 5.10 Å². The molecule has 4 rings (SSSR count). The van der Waals surface area contributed by atoms with Crippen LogP contribution in [0.2, 0.25) is 0 Å². The number of anilines is 1. The van der Waals surface area contributed by atoms with Crippen molar-refractivity contribution >= 4 is 5.82 Å². The minimum atomic E-state index is -0.412. The van der Waals surface area contributed by atoms with Gasteiger partial charge in [-0.05, 0) is 36.8 Å². The second kappa shape index (κ2) is 8.73. The van der Waals surface area contributed by atoms with Crippen LogP contribution in [-0.4, -0.2) is 32.8 Å². The average Bonchev–Trinajstić information content (AvgIpc) is 3.19. The molecule has 0 atom stereocenters. The van der Waals surface area contributed by atoms with Crippen molar-refractivity contribution in [3.63, 3.8) is 0 Å². The molecule has 1 saturated heterocycles. The fourth-order valence-corrected chi connectivity index (χ4v) is 4.09. The zero-order chi connectivity index (χ0) is 22.0. The molecule has 0 bridgehead atoms. The van der Waals surface area contributed by atoms with Gasteiger partial charge in [-0.3, -0.25) is 4.68 Å². The van der Waals surface area contributed by atoms with Crippen molar-refractivity contribution in [3.05, 3.63) is 59.4 Å². The Morgan fingerprint density at radius 2 is 1.81 bits per heavy atom. The first kappa shape index (κ1) is 21.4. The lowest BCUT2D eigenvalue weighted by molar-refractivity contribution is 0.237. The quantitative estimate of drug-likeness (QED) is 0.541. The molecule has 1 aliphatic heterocycles. The zero-order valence-corrected chi connectivity index (χ0v) is 18.4. The molecule has 0 spiro atoms. The largest absolute Gasteiger partial charge is 0.354 e. The molecule has 0 aliphatic carbocycles. The number of hydrogen-bond acceptors (Lipinski definition) is 4. The first-order valence-corrected chi connectivity index (χ1v) is 11.0. The van der Waals surface area contributed by atoms with Crippen LogP contribution in [0.5, 0.6) is 0 Å². The molecule has 0 radical (unpaired) electrons. The Morgan fingerprint density at radius 1 is 1.06 bits per heavy atom. The van der Waals surface area contributed by atoms with E-state index in [-0.39, 0.29) is 5.82 Å². The SMILES string of the molecule is CCc1cc(-c2ncc(F)c(N3CCC(C)(CC)CC3)n2)nn1Cc1ccccc1F. The zero-order valence-electron chi connectivity index (χ0n) is 18.4. The summed E-state index contributed by atoms with van der Waals surface area (Å²) in [6, 6.07) is 8.59. The van der Waals surface area contributed by atoms with Crippen molar-refractivity contribution in [1.82, 2.24) is 19.7 Å². The average molecular weight is 426 g/mol. The molecular weight excluding hydrogens is 396 g/mol. The van der Waals surface area contributed by atoms with Crippen LogP contribution in [0.4, 0.5) is 14.6 Å². The minimum absolute atomic E-state index is 0.258. The van der Waals surface area contributed by atoms with Crippen molar-refractivity contribution < 1.29 is 8.78 Å². The van der Waals surface area contributed by atoms with Gasteiger partial charge in [0.05, 0.1) is 12.7 Å². The Balaban J connectivity index is 1.61. The fourth-order valence-electron chi connectivity index (χ4n) is 4.09.